The number of nitrogens with one attached hydrogen (secondary N) is 1. The van der Waals surface area contributed by atoms with Gasteiger partial charge in [0.05, 0.1) is 10.6 Å². The maximum Gasteiger partial charge on any atom is 0.264 e. The molecule has 1 aliphatic rings. The molecule has 212 valence electrons. The summed E-state index contributed by atoms with van der Waals surface area (Å²) in [5.74, 6) is -0.721. The second kappa shape index (κ2) is 13.8. The fourth-order valence-electron chi connectivity index (χ4n) is 5.12. The number of para-hydroxylation sites is 1. The van der Waals surface area contributed by atoms with Crippen LogP contribution in [0.5, 0.6) is 0 Å². The number of amides is 2. The van der Waals surface area contributed by atoms with Gasteiger partial charge < -0.3 is 10.2 Å². The van der Waals surface area contributed by atoms with E-state index in [9.17, 15) is 18.0 Å². The van der Waals surface area contributed by atoms with Crippen LogP contribution in [0.2, 0.25) is 5.02 Å². The van der Waals surface area contributed by atoms with Crippen molar-refractivity contribution in [3.8, 4) is 0 Å². The van der Waals surface area contributed by atoms with Gasteiger partial charge in [0.25, 0.3) is 10.0 Å². The summed E-state index contributed by atoms with van der Waals surface area (Å²) in [4.78, 5) is 29.2. The topological polar surface area (TPSA) is 86.8 Å². The molecule has 1 aliphatic carbocycles. The monoisotopic (exact) mass is 581 g/mol. The van der Waals surface area contributed by atoms with Crippen LogP contribution in [-0.4, -0.2) is 43.8 Å². The molecule has 0 aliphatic heterocycles. The molecule has 3 aromatic carbocycles. The maximum absolute atomic E-state index is 14.1. The highest BCUT2D eigenvalue weighted by Gasteiger charge is 2.34. The van der Waals surface area contributed by atoms with E-state index < -0.39 is 28.5 Å². The van der Waals surface area contributed by atoms with Gasteiger partial charge in [-0.2, -0.15) is 0 Å². The molecule has 0 aromatic heterocycles. The lowest BCUT2D eigenvalue weighted by Crippen LogP contribution is -2.54. The smallest absolute Gasteiger partial charge is 0.264 e. The zero-order chi connectivity index (χ0) is 28.5. The van der Waals surface area contributed by atoms with E-state index >= 15 is 0 Å². The molecule has 1 N–H and O–H groups in total. The van der Waals surface area contributed by atoms with Crippen LogP contribution in [0.1, 0.15) is 51.0 Å². The van der Waals surface area contributed by atoms with Gasteiger partial charge in [0.1, 0.15) is 12.6 Å². The van der Waals surface area contributed by atoms with E-state index in [2.05, 4.69) is 5.32 Å². The SMILES string of the molecule is CCC(C(=O)NC1CCCCC1)N(Cc1ccccc1Cl)C(=O)CN(c1ccccc1)S(=O)(=O)c1ccccc1. The van der Waals surface area contributed by atoms with Crippen LogP contribution in [0.25, 0.3) is 0 Å². The number of benzene rings is 3. The Balaban J connectivity index is 1.68. The first-order chi connectivity index (χ1) is 19.3. The van der Waals surface area contributed by atoms with Gasteiger partial charge in [-0.3, -0.25) is 13.9 Å². The Bertz CT molecular complexity index is 1380. The van der Waals surface area contributed by atoms with Crippen LogP contribution in [0, 0.1) is 0 Å². The van der Waals surface area contributed by atoms with Crippen LogP contribution in [-0.2, 0) is 26.2 Å². The minimum absolute atomic E-state index is 0.0725. The molecule has 7 nitrogen and oxygen atoms in total. The Labute approximate surface area is 242 Å². The number of hydrogen-bond acceptors (Lipinski definition) is 4. The lowest BCUT2D eigenvalue weighted by Gasteiger charge is -2.34. The van der Waals surface area contributed by atoms with E-state index in [-0.39, 0.29) is 23.4 Å². The molecule has 4 rings (SSSR count). The van der Waals surface area contributed by atoms with Crippen molar-refractivity contribution in [2.45, 2.75) is 69.0 Å². The number of sulfonamides is 1. The lowest BCUT2D eigenvalue weighted by molar-refractivity contribution is -0.140. The largest absolute Gasteiger partial charge is 0.352 e. The third-order valence-electron chi connectivity index (χ3n) is 7.29. The fraction of sp³-hybridized carbons (Fsp3) is 0.355. The molecule has 0 spiro atoms. The first-order valence-electron chi connectivity index (χ1n) is 13.8. The number of rotatable bonds is 11. The molecule has 1 unspecified atom stereocenters. The van der Waals surface area contributed by atoms with Gasteiger partial charge in [-0.05, 0) is 55.2 Å². The molecular weight excluding hydrogens is 546 g/mol. The second-order valence-corrected chi connectivity index (χ2v) is 12.3. The van der Waals surface area contributed by atoms with Crippen LogP contribution in [0.15, 0.2) is 89.8 Å². The summed E-state index contributed by atoms with van der Waals surface area (Å²) < 4.78 is 28.7. The predicted molar refractivity (Wildman–Crippen MR) is 159 cm³/mol. The molecule has 1 saturated carbocycles. The third kappa shape index (κ3) is 7.23. The van der Waals surface area contributed by atoms with Crippen molar-refractivity contribution in [1.82, 2.24) is 10.2 Å². The van der Waals surface area contributed by atoms with Crippen molar-refractivity contribution in [2.24, 2.45) is 0 Å². The number of nitrogens with zero attached hydrogens (tertiary/aromatic N) is 2. The minimum atomic E-state index is -4.08. The van der Waals surface area contributed by atoms with Crippen LogP contribution in [0.4, 0.5) is 5.69 Å². The zero-order valence-corrected chi connectivity index (χ0v) is 24.3. The van der Waals surface area contributed by atoms with Crippen molar-refractivity contribution in [2.75, 3.05) is 10.8 Å². The Morgan fingerprint density at radius 1 is 0.900 bits per heavy atom. The highest BCUT2D eigenvalue weighted by molar-refractivity contribution is 7.92. The van der Waals surface area contributed by atoms with Gasteiger partial charge in [0.15, 0.2) is 0 Å². The Morgan fingerprint density at radius 3 is 2.12 bits per heavy atom. The summed E-state index contributed by atoms with van der Waals surface area (Å²) >= 11 is 6.47. The third-order valence-corrected chi connectivity index (χ3v) is 9.45. The second-order valence-electron chi connectivity index (χ2n) is 10.0. The quantitative estimate of drug-likeness (QED) is 0.310. The normalized spacial score (nSPS) is 14.8. The Kier molecular flexibility index (Phi) is 10.2. The van der Waals surface area contributed by atoms with Crippen LogP contribution in [0.3, 0.4) is 0 Å². The van der Waals surface area contributed by atoms with Crippen molar-refractivity contribution >= 4 is 39.1 Å². The summed E-state index contributed by atoms with van der Waals surface area (Å²) in [6, 6.07) is 23.0. The number of anilines is 1. The summed E-state index contributed by atoms with van der Waals surface area (Å²) in [7, 11) is -4.08. The fourth-order valence-corrected chi connectivity index (χ4v) is 6.75. The van der Waals surface area contributed by atoms with Gasteiger partial charge in [-0.15, -0.1) is 0 Å². The van der Waals surface area contributed by atoms with E-state index in [1.54, 1.807) is 60.7 Å². The molecule has 3 aromatic rings. The molecule has 9 heteroatoms. The first-order valence-corrected chi connectivity index (χ1v) is 15.6. The van der Waals surface area contributed by atoms with E-state index in [4.69, 9.17) is 11.6 Å². The highest BCUT2D eigenvalue weighted by atomic mass is 35.5. The maximum atomic E-state index is 14.1. The molecule has 0 radical (unpaired) electrons. The number of halogens is 1. The number of hydrogen-bond donors (Lipinski definition) is 1. The summed E-state index contributed by atoms with van der Waals surface area (Å²) in [5, 5.41) is 3.62. The molecule has 0 heterocycles. The van der Waals surface area contributed by atoms with E-state index in [1.807, 2.05) is 19.1 Å². The average molecular weight is 582 g/mol. The standard InChI is InChI=1S/C31H36ClN3O4S/c1-2-29(31(37)33-25-15-6-3-7-16-25)34(22-24-14-12-13-21-28(24)32)30(36)23-35(26-17-8-4-9-18-26)40(38,39)27-19-10-5-11-20-27/h4-5,8-14,17-21,25,29H,2-3,6-7,15-16,22-23H2,1H3,(H,33,37). The first kappa shape index (κ1) is 29.6. The minimum Gasteiger partial charge on any atom is -0.352 e. The molecular formula is C31H36ClN3O4S. The number of carbonyl (C=O) groups excluding carboxylic acids is 2. The summed E-state index contributed by atoms with van der Waals surface area (Å²) in [5.41, 5.74) is 1.04. The summed E-state index contributed by atoms with van der Waals surface area (Å²) in [6.45, 7) is 1.45. The van der Waals surface area contributed by atoms with Crippen LogP contribution < -0.4 is 9.62 Å². The van der Waals surface area contributed by atoms with Gasteiger partial charge >= 0.3 is 0 Å². The molecule has 1 fully saturated rings. The van der Waals surface area contributed by atoms with Crippen molar-refractivity contribution in [3.05, 3.63) is 95.5 Å². The molecule has 0 bridgehead atoms. The van der Waals surface area contributed by atoms with Crippen molar-refractivity contribution < 1.29 is 18.0 Å². The van der Waals surface area contributed by atoms with Gasteiger partial charge in [-0.25, -0.2) is 8.42 Å². The Morgan fingerprint density at radius 2 is 1.50 bits per heavy atom. The van der Waals surface area contributed by atoms with Gasteiger partial charge in [0.2, 0.25) is 11.8 Å². The molecule has 2 amide bonds. The van der Waals surface area contributed by atoms with E-state index in [0.29, 0.717) is 22.7 Å². The van der Waals surface area contributed by atoms with Crippen LogP contribution >= 0.6 is 11.6 Å². The average Bonchev–Trinajstić information content (AvgIpc) is 2.98. The van der Waals surface area contributed by atoms with E-state index in [1.165, 1.54) is 17.0 Å². The zero-order valence-electron chi connectivity index (χ0n) is 22.7. The molecule has 0 saturated heterocycles. The van der Waals surface area contributed by atoms with Gasteiger partial charge in [0, 0.05) is 17.6 Å². The van der Waals surface area contributed by atoms with Gasteiger partial charge in [-0.1, -0.05) is 92.4 Å². The Hall–Kier alpha value is -3.36. The number of carbonyl (C=O) groups is 2. The van der Waals surface area contributed by atoms with E-state index in [0.717, 1.165) is 36.4 Å². The van der Waals surface area contributed by atoms with Crippen molar-refractivity contribution in [1.29, 1.82) is 0 Å². The van der Waals surface area contributed by atoms with Crippen molar-refractivity contribution in [3.63, 3.8) is 0 Å². The lowest BCUT2D eigenvalue weighted by atomic mass is 9.95. The summed E-state index contributed by atoms with van der Waals surface area (Å²) in [6.07, 6.45) is 5.48. The predicted octanol–water partition coefficient (Wildman–Crippen LogP) is 5.79. The molecule has 40 heavy (non-hydrogen) atoms. The molecule has 1 atom stereocenters. The highest BCUT2D eigenvalue weighted by Crippen LogP contribution is 2.26.